The van der Waals surface area contributed by atoms with Crippen LogP contribution in [0.15, 0.2) is 24.4 Å². The van der Waals surface area contributed by atoms with Crippen LogP contribution in [0.3, 0.4) is 0 Å². The number of methoxy groups -OCH3 is 1. The van der Waals surface area contributed by atoms with Crippen LogP contribution in [0.2, 0.25) is 0 Å². The second-order valence-corrected chi connectivity index (χ2v) is 5.05. The minimum atomic E-state index is -0.170. The maximum Gasteiger partial charge on any atom is 0.274 e. The summed E-state index contributed by atoms with van der Waals surface area (Å²) in [4.78, 5) is 14.1. The molecular formula is C15H20N4O2. The Morgan fingerprint density at radius 1 is 1.48 bits per heavy atom. The molecule has 2 N–H and O–H groups in total. The van der Waals surface area contributed by atoms with Crippen LogP contribution < -0.4 is 10.5 Å². The summed E-state index contributed by atoms with van der Waals surface area (Å²) in [6.07, 6.45) is 1.48. The maximum absolute atomic E-state index is 12.5. The molecule has 6 heteroatoms. The molecule has 2 rings (SSSR count). The molecule has 0 unspecified atom stereocenters. The second kappa shape index (κ2) is 5.87. The number of carbonyl (C=O) groups is 1. The van der Waals surface area contributed by atoms with E-state index >= 15 is 0 Å². The molecule has 21 heavy (non-hydrogen) atoms. The van der Waals surface area contributed by atoms with E-state index in [9.17, 15) is 4.79 Å². The molecule has 1 amide bonds. The Labute approximate surface area is 124 Å². The molecule has 0 saturated heterocycles. The van der Waals surface area contributed by atoms with Crippen LogP contribution >= 0.6 is 0 Å². The van der Waals surface area contributed by atoms with Gasteiger partial charge >= 0.3 is 0 Å². The Kier molecular flexibility index (Phi) is 4.16. The van der Waals surface area contributed by atoms with Crippen molar-refractivity contribution in [2.24, 2.45) is 7.05 Å². The molecule has 0 spiro atoms. The Bertz CT molecular complexity index is 644. The lowest BCUT2D eigenvalue weighted by Gasteiger charge is -2.19. The molecule has 0 saturated carbocycles. The highest BCUT2D eigenvalue weighted by Gasteiger charge is 2.20. The van der Waals surface area contributed by atoms with Crippen molar-refractivity contribution in [2.45, 2.75) is 13.5 Å². The summed E-state index contributed by atoms with van der Waals surface area (Å²) >= 11 is 0. The number of nitrogens with two attached hydrogens (primary N) is 1. The first-order valence-corrected chi connectivity index (χ1v) is 6.60. The van der Waals surface area contributed by atoms with E-state index in [-0.39, 0.29) is 5.91 Å². The number of carbonyl (C=O) groups excluding carboxylic acids is 1. The molecule has 112 valence electrons. The van der Waals surface area contributed by atoms with E-state index in [4.69, 9.17) is 10.5 Å². The number of hydrogen-bond acceptors (Lipinski definition) is 4. The van der Waals surface area contributed by atoms with E-state index < -0.39 is 0 Å². The number of aromatic nitrogens is 2. The van der Waals surface area contributed by atoms with Gasteiger partial charge in [0, 0.05) is 26.2 Å². The monoisotopic (exact) mass is 288 g/mol. The van der Waals surface area contributed by atoms with Crippen molar-refractivity contribution in [3.8, 4) is 5.75 Å². The molecule has 1 aromatic heterocycles. The fourth-order valence-corrected chi connectivity index (χ4v) is 2.26. The van der Waals surface area contributed by atoms with Crippen LogP contribution in [0, 0.1) is 6.92 Å². The van der Waals surface area contributed by atoms with Crippen molar-refractivity contribution in [1.82, 2.24) is 14.7 Å². The standard InChI is InChI=1S/C15H20N4O2/c1-10-5-6-13(21-4)11(7-10)9-18(2)15(20)14-12(16)8-17-19(14)3/h5-8H,9,16H2,1-4H3. The number of nitrogen functional groups attached to an aromatic ring is 1. The largest absolute Gasteiger partial charge is 0.496 e. The van der Waals surface area contributed by atoms with Crippen molar-refractivity contribution >= 4 is 11.6 Å². The van der Waals surface area contributed by atoms with E-state index in [1.54, 1.807) is 26.1 Å². The summed E-state index contributed by atoms with van der Waals surface area (Å²) in [5.74, 6) is 0.592. The number of benzene rings is 1. The summed E-state index contributed by atoms with van der Waals surface area (Å²) in [6.45, 7) is 2.44. The maximum atomic E-state index is 12.5. The van der Waals surface area contributed by atoms with Gasteiger partial charge in [-0.15, -0.1) is 0 Å². The molecule has 1 heterocycles. The molecule has 0 aliphatic rings. The SMILES string of the molecule is COc1ccc(C)cc1CN(C)C(=O)c1c(N)cnn1C. The third kappa shape index (κ3) is 2.99. The van der Waals surface area contributed by atoms with Crippen molar-refractivity contribution < 1.29 is 9.53 Å². The zero-order valence-electron chi connectivity index (χ0n) is 12.8. The van der Waals surface area contributed by atoms with Crippen LogP contribution in [0.4, 0.5) is 5.69 Å². The van der Waals surface area contributed by atoms with Crippen LogP contribution in [-0.2, 0) is 13.6 Å². The molecule has 6 nitrogen and oxygen atoms in total. The van der Waals surface area contributed by atoms with Crippen LogP contribution in [0.25, 0.3) is 0 Å². The van der Waals surface area contributed by atoms with Gasteiger partial charge in [-0.2, -0.15) is 5.10 Å². The molecule has 0 bridgehead atoms. The lowest BCUT2D eigenvalue weighted by Crippen LogP contribution is -2.29. The number of ether oxygens (including phenoxy) is 1. The normalized spacial score (nSPS) is 10.5. The molecule has 2 aromatic rings. The number of rotatable bonds is 4. The van der Waals surface area contributed by atoms with Crippen molar-refractivity contribution in [3.63, 3.8) is 0 Å². The lowest BCUT2D eigenvalue weighted by atomic mass is 10.1. The van der Waals surface area contributed by atoms with Crippen molar-refractivity contribution in [2.75, 3.05) is 19.9 Å². The van der Waals surface area contributed by atoms with Gasteiger partial charge in [0.05, 0.1) is 19.0 Å². The molecule has 0 aliphatic carbocycles. The lowest BCUT2D eigenvalue weighted by molar-refractivity contribution is 0.0774. The fraction of sp³-hybridized carbons (Fsp3) is 0.333. The molecular weight excluding hydrogens is 268 g/mol. The van der Waals surface area contributed by atoms with E-state index in [0.29, 0.717) is 17.9 Å². The van der Waals surface area contributed by atoms with E-state index in [1.807, 2.05) is 25.1 Å². The molecule has 0 fully saturated rings. The highest BCUT2D eigenvalue weighted by molar-refractivity contribution is 5.97. The molecule has 0 aliphatic heterocycles. The van der Waals surface area contributed by atoms with Gasteiger partial charge in [-0.05, 0) is 13.0 Å². The zero-order valence-corrected chi connectivity index (χ0v) is 12.8. The van der Waals surface area contributed by atoms with Gasteiger partial charge in [-0.25, -0.2) is 0 Å². The first kappa shape index (κ1) is 14.9. The van der Waals surface area contributed by atoms with Gasteiger partial charge in [-0.3, -0.25) is 9.48 Å². The molecule has 0 radical (unpaired) electrons. The molecule has 0 atom stereocenters. The van der Waals surface area contributed by atoms with E-state index in [2.05, 4.69) is 5.10 Å². The van der Waals surface area contributed by atoms with Crippen LogP contribution in [0.5, 0.6) is 5.75 Å². The van der Waals surface area contributed by atoms with E-state index in [0.717, 1.165) is 16.9 Å². The topological polar surface area (TPSA) is 73.4 Å². The number of hydrogen-bond donors (Lipinski definition) is 1. The van der Waals surface area contributed by atoms with Gasteiger partial charge < -0.3 is 15.4 Å². The van der Waals surface area contributed by atoms with Gasteiger partial charge in [0.15, 0.2) is 0 Å². The first-order chi connectivity index (χ1) is 9.93. The van der Waals surface area contributed by atoms with E-state index in [1.165, 1.54) is 10.9 Å². The summed E-state index contributed by atoms with van der Waals surface area (Å²) in [6, 6.07) is 5.89. The minimum absolute atomic E-state index is 0.170. The predicted octanol–water partition coefficient (Wildman–Crippen LogP) is 1.59. The zero-order chi connectivity index (χ0) is 15.6. The quantitative estimate of drug-likeness (QED) is 0.927. The van der Waals surface area contributed by atoms with Gasteiger partial charge in [0.2, 0.25) is 0 Å². The Morgan fingerprint density at radius 2 is 2.19 bits per heavy atom. The summed E-state index contributed by atoms with van der Waals surface area (Å²) in [5, 5.41) is 3.99. The van der Waals surface area contributed by atoms with Crippen LogP contribution in [0.1, 0.15) is 21.6 Å². The number of aryl methyl sites for hydroxylation is 2. The smallest absolute Gasteiger partial charge is 0.274 e. The average Bonchev–Trinajstić information content (AvgIpc) is 2.77. The first-order valence-electron chi connectivity index (χ1n) is 6.60. The number of anilines is 1. The Balaban J connectivity index is 2.24. The summed E-state index contributed by atoms with van der Waals surface area (Å²) in [5.41, 5.74) is 8.64. The van der Waals surface area contributed by atoms with Crippen LogP contribution in [-0.4, -0.2) is 34.7 Å². The summed E-state index contributed by atoms with van der Waals surface area (Å²) in [7, 11) is 5.05. The third-order valence-electron chi connectivity index (χ3n) is 3.36. The Hall–Kier alpha value is -2.50. The van der Waals surface area contributed by atoms with Gasteiger partial charge in [-0.1, -0.05) is 17.7 Å². The van der Waals surface area contributed by atoms with Crippen molar-refractivity contribution in [1.29, 1.82) is 0 Å². The van der Waals surface area contributed by atoms with Gasteiger partial charge in [0.1, 0.15) is 11.4 Å². The average molecular weight is 288 g/mol. The Morgan fingerprint density at radius 3 is 2.76 bits per heavy atom. The molecule has 1 aromatic carbocycles. The second-order valence-electron chi connectivity index (χ2n) is 5.05. The van der Waals surface area contributed by atoms with Gasteiger partial charge in [0.25, 0.3) is 5.91 Å². The highest BCUT2D eigenvalue weighted by atomic mass is 16.5. The van der Waals surface area contributed by atoms with Crippen molar-refractivity contribution in [3.05, 3.63) is 41.2 Å². The minimum Gasteiger partial charge on any atom is -0.496 e. The fourth-order valence-electron chi connectivity index (χ4n) is 2.26. The highest BCUT2D eigenvalue weighted by Crippen LogP contribution is 2.22. The summed E-state index contributed by atoms with van der Waals surface area (Å²) < 4.78 is 6.83. The number of nitrogens with zero attached hydrogens (tertiary/aromatic N) is 3. The third-order valence-corrected chi connectivity index (χ3v) is 3.36. The predicted molar refractivity (Wildman–Crippen MR) is 81.1 cm³/mol. The number of amides is 1.